The van der Waals surface area contributed by atoms with Crippen molar-refractivity contribution in [2.45, 2.75) is 6.29 Å². The fourth-order valence-electron chi connectivity index (χ4n) is 1.81. The molecule has 2 aromatic rings. The molecule has 0 saturated carbocycles. The number of carbonyl (C=O) groups excluding carboxylic acids is 1. The van der Waals surface area contributed by atoms with Gasteiger partial charge in [-0.15, -0.1) is 11.3 Å². The normalized spacial score (nSPS) is 10.9. The number of ketones is 1. The molecule has 100 valence electrons. The summed E-state index contributed by atoms with van der Waals surface area (Å²) in [4.78, 5) is 12.8. The molecule has 0 fully saturated rings. The van der Waals surface area contributed by atoms with Crippen LogP contribution in [0.15, 0.2) is 35.7 Å². The van der Waals surface area contributed by atoms with E-state index in [1.165, 1.54) is 37.7 Å². The zero-order valence-electron chi connectivity index (χ0n) is 10.6. The Morgan fingerprint density at radius 2 is 1.89 bits per heavy atom. The van der Waals surface area contributed by atoms with Gasteiger partial charge in [0.15, 0.2) is 6.29 Å². The third kappa shape index (κ3) is 2.73. The van der Waals surface area contributed by atoms with E-state index in [1.807, 2.05) is 0 Å². The quantitative estimate of drug-likeness (QED) is 0.622. The van der Waals surface area contributed by atoms with Gasteiger partial charge in [-0.1, -0.05) is 12.1 Å². The maximum absolute atomic E-state index is 13.6. The minimum atomic E-state index is -0.628. The second kappa shape index (κ2) is 6.06. The minimum absolute atomic E-state index is 0.0529. The Kier molecular flexibility index (Phi) is 4.42. The van der Waals surface area contributed by atoms with Gasteiger partial charge in [0.05, 0.1) is 10.4 Å². The Morgan fingerprint density at radius 3 is 2.53 bits per heavy atom. The maximum Gasteiger partial charge on any atom is 0.206 e. The summed E-state index contributed by atoms with van der Waals surface area (Å²) in [5, 5.41) is 1.76. The summed E-state index contributed by atoms with van der Waals surface area (Å²) in [6.07, 6.45) is -0.628. The molecule has 0 unspecified atom stereocenters. The number of carbonyl (C=O) groups is 1. The van der Waals surface area contributed by atoms with Crippen molar-refractivity contribution < 1.29 is 18.7 Å². The molecule has 0 aliphatic rings. The Bertz CT molecular complexity index is 576. The van der Waals surface area contributed by atoms with E-state index in [-0.39, 0.29) is 11.3 Å². The zero-order valence-corrected chi connectivity index (χ0v) is 11.4. The van der Waals surface area contributed by atoms with E-state index in [2.05, 4.69) is 0 Å². The number of rotatable bonds is 5. The monoisotopic (exact) mass is 280 g/mol. The largest absolute Gasteiger partial charge is 0.352 e. The molecule has 0 N–H and O–H groups in total. The highest BCUT2D eigenvalue weighted by Crippen LogP contribution is 2.29. The van der Waals surface area contributed by atoms with Crippen LogP contribution in [0, 0.1) is 5.82 Å². The summed E-state index contributed by atoms with van der Waals surface area (Å²) in [5.74, 6) is -0.888. The summed E-state index contributed by atoms with van der Waals surface area (Å²) in [6, 6.07) is 7.67. The van der Waals surface area contributed by atoms with Gasteiger partial charge in [-0.25, -0.2) is 4.39 Å². The molecule has 1 aromatic carbocycles. The predicted molar refractivity (Wildman–Crippen MR) is 70.9 cm³/mol. The molecule has 0 bridgehead atoms. The van der Waals surface area contributed by atoms with E-state index in [0.717, 1.165) is 0 Å². The zero-order chi connectivity index (χ0) is 13.8. The average Bonchev–Trinajstić information content (AvgIpc) is 2.89. The van der Waals surface area contributed by atoms with Crippen LogP contribution < -0.4 is 0 Å². The van der Waals surface area contributed by atoms with Crippen molar-refractivity contribution in [2.24, 2.45) is 0 Å². The molecule has 1 aromatic heterocycles. The minimum Gasteiger partial charge on any atom is -0.352 e. The first kappa shape index (κ1) is 13.9. The summed E-state index contributed by atoms with van der Waals surface area (Å²) in [6.45, 7) is 0. The van der Waals surface area contributed by atoms with Crippen molar-refractivity contribution in [1.82, 2.24) is 0 Å². The predicted octanol–water partition coefficient (Wildman–Crippen LogP) is 3.41. The number of ether oxygens (including phenoxy) is 2. The SMILES string of the molecule is COC(OC)c1ccsc1C(=O)c1ccccc1F. The number of hydrogen-bond acceptors (Lipinski definition) is 4. The van der Waals surface area contributed by atoms with Gasteiger partial charge in [-0.2, -0.15) is 0 Å². The lowest BCUT2D eigenvalue weighted by atomic mass is 10.1. The lowest BCUT2D eigenvalue weighted by molar-refractivity contribution is -0.105. The van der Waals surface area contributed by atoms with Gasteiger partial charge in [-0.3, -0.25) is 4.79 Å². The molecule has 19 heavy (non-hydrogen) atoms. The molecule has 1 heterocycles. The highest BCUT2D eigenvalue weighted by atomic mass is 32.1. The van der Waals surface area contributed by atoms with Crippen LogP contribution in [0.3, 0.4) is 0 Å². The molecule has 0 amide bonds. The maximum atomic E-state index is 13.6. The van der Waals surface area contributed by atoms with Crippen LogP contribution in [-0.4, -0.2) is 20.0 Å². The standard InChI is InChI=1S/C14H13FO3S/c1-17-14(18-2)10-7-8-19-13(10)12(16)9-5-3-4-6-11(9)15/h3-8,14H,1-2H3. The third-order valence-electron chi connectivity index (χ3n) is 2.70. The lowest BCUT2D eigenvalue weighted by Gasteiger charge is -2.13. The van der Waals surface area contributed by atoms with E-state index >= 15 is 0 Å². The second-order valence-electron chi connectivity index (χ2n) is 3.82. The molecular weight excluding hydrogens is 267 g/mol. The smallest absolute Gasteiger partial charge is 0.206 e. The van der Waals surface area contributed by atoms with Crippen LogP contribution >= 0.6 is 11.3 Å². The van der Waals surface area contributed by atoms with Crippen LogP contribution in [0.5, 0.6) is 0 Å². The van der Waals surface area contributed by atoms with Crippen LogP contribution in [0.1, 0.15) is 27.1 Å². The molecule has 0 saturated heterocycles. The Labute approximate surface area is 114 Å². The molecule has 5 heteroatoms. The van der Waals surface area contributed by atoms with E-state index in [9.17, 15) is 9.18 Å². The van der Waals surface area contributed by atoms with E-state index in [1.54, 1.807) is 23.6 Å². The van der Waals surface area contributed by atoms with Crippen molar-refractivity contribution in [2.75, 3.05) is 14.2 Å². The molecule has 2 rings (SSSR count). The van der Waals surface area contributed by atoms with E-state index in [4.69, 9.17) is 9.47 Å². The number of hydrogen-bond donors (Lipinski definition) is 0. The van der Waals surface area contributed by atoms with Crippen molar-refractivity contribution in [1.29, 1.82) is 0 Å². The van der Waals surface area contributed by atoms with Gasteiger partial charge in [-0.05, 0) is 23.6 Å². The lowest BCUT2D eigenvalue weighted by Crippen LogP contribution is -2.10. The van der Waals surface area contributed by atoms with Crippen molar-refractivity contribution in [3.05, 3.63) is 57.5 Å². The Balaban J connectivity index is 2.41. The first-order valence-electron chi connectivity index (χ1n) is 5.61. The van der Waals surface area contributed by atoms with Gasteiger partial charge >= 0.3 is 0 Å². The summed E-state index contributed by atoms with van der Waals surface area (Å²) in [5.41, 5.74) is 0.667. The topological polar surface area (TPSA) is 35.5 Å². The molecule has 0 aliphatic carbocycles. The molecule has 3 nitrogen and oxygen atoms in total. The average molecular weight is 280 g/mol. The van der Waals surface area contributed by atoms with Crippen molar-refractivity contribution >= 4 is 17.1 Å². The van der Waals surface area contributed by atoms with Crippen LogP contribution in [-0.2, 0) is 9.47 Å². The fourth-order valence-corrected chi connectivity index (χ4v) is 2.68. The summed E-state index contributed by atoms with van der Waals surface area (Å²) >= 11 is 1.24. The first-order valence-corrected chi connectivity index (χ1v) is 6.49. The third-order valence-corrected chi connectivity index (χ3v) is 3.63. The summed E-state index contributed by atoms with van der Waals surface area (Å²) in [7, 11) is 2.98. The highest BCUT2D eigenvalue weighted by molar-refractivity contribution is 7.12. The van der Waals surface area contributed by atoms with Crippen molar-refractivity contribution in [3.63, 3.8) is 0 Å². The van der Waals surface area contributed by atoms with Gasteiger partial charge in [0.25, 0.3) is 0 Å². The molecule has 0 atom stereocenters. The number of methoxy groups -OCH3 is 2. The van der Waals surface area contributed by atoms with Crippen LogP contribution in [0.2, 0.25) is 0 Å². The van der Waals surface area contributed by atoms with E-state index < -0.39 is 12.1 Å². The first-order chi connectivity index (χ1) is 9.19. The van der Waals surface area contributed by atoms with Gasteiger partial charge in [0.1, 0.15) is 5.82 Å². The Hall–Kier alpha value is -1.56. The van der Waals surface area contributed by atoms with Gasteiger partial charge in [0.2, 0.25) is 5.78 Å². The number of benzene rings is 1. The number of halogens is 1. The van der Waals surface area contributed by atoms with Crippen molar-refractivity contribution in [3.8, 4) is 0 Å². The van der Waals surface area contributed by atoms with Crippen LogP contribution in [0.25, 0.3) is 0 Å². The Morgan fingerprint density at radius 1 is 1.21 bits per heavy atom. The van der Waals surface area contributed by atoms with E-state index in [0.29, 0.717) is 10.4 Å². The molecular formula is C14H13FO3S. The van der Waals surface area contributed by atoms with Gasteiger partial charge in [0, 0.05) is 19.8 Å². The molecule has 0 aliphatic heterocycles. The van der Waals surface area contributed by atoms with Gasteiger partial charge < -0.3 is 9.47 Å². The highest BCUT2D eigenvalue weighted by Gasteiger charge is 2.23. The number of thiophene rings is 1. The summed E-state index contributed by atoms with van der Waals surface area (Å²) < 4.78 is 23.9. The second-order valence-corrected chi connectivity index (χ2v) is 4.73. The fraction of sp³-hybridized carbons (Fsp3) is 0.214. The van der Waals surface area contributed by atoms with Crippen LogP contribution in [0.4, 0.5) is 4.39 Å². The molecule has 0 spiro atoms. The molecule has 0 radical (unpaired) electrons.